The summed E-state index contributed by atoms with van der Waals surface area (Å²) in [5.74, 6) is 0.960. The van der Waals surface area contributed by atoms with Crippen LogP contribution >= 0.6 is 0 Å². The topological polar surface area (TPSA) is 46.5 Å². The van der Waals surface area contributed by atoms with E-state index >= 15 is 0 Å². The van der Waals surface area contributed by atoms with Crippen LogP contribution in [0.4, 0.5) is 0 Å². The number of fused-ring (bicyclic) bond motifs is 1. The second kappa shape index (κ2) is 3.22. The predicted molar refractivity (Wildman–Crippen MR) is 57.4 cm³/mol. The standard InChI is InChI=1S/C11H14N4/c1-15-7-12-6-10(15)11-13-8-4-2-3-5-9(8)14-11/h6-7H,2-5H2,1H3,(H,13,14). The molecule has 0 spiro atoms. The fourth-order valence-corrected chi connectivity index (χ4v) is 2.16. The van der Waals surface area contributed by atoms with Gasteiger partial charge in [-0.05, 0) is 25.7 Å². The Bertz CT molecular complexity index is 457. The van der Waals surface area contributed by atoms with Crippen molar-refractivity contribution in [3.05, 3.63) is 23.9 Å². The lowest BCUT2D eigenvalue weighted by Crippen LogP contribution is -2.00. The molecule has 2 aromatic heterocycles. The van der Waals surface area contributed by atoms with Crippen LogP contribution in [-0.4, -0.2) is 19.5 Å². The molecule has 0 aromatic carbocycles. The van der Waals surface area contributed by atoms with Crippen LogP contribution < -0.4 is 0 Å². The highest BCUT2D eigenvalue weighted by molar-refractivity contribution is 5.50. The molecule has 0 fully saturated rings. The van der Waals surface area contributed by atoms with Gasteiger partial charge in [-0.25, -0.2) is 9.97 Å². The Labute approximate surface area is 88.4 Å². The molecule has 78 valence electrons. The molecule has 2 heterocycles. The summed E-state index contributed by atoms with van der Waals surface area (Å²) in [6.45, 7) is 0. The van der Waals surface area contributed by atoms with Crippen LogP contribution in [0.1, 0.15) is 24.2 Å². The summed E-state index contributed by atoms with van der Waals surface area (Å²) in [5, 5.41) is 0. The van der Waals surface area contributed by atoms with Gasteiger partial charge in [-0.1, -0.05) is 0 Å². The number of nitrogens with zero attached hydrogens (tertiary/aromatic N) is 3. The number of aromatic nitrogens is 4. The lowest BCUT2D eigenvalue weighted by Gasteiger charge is -2.07. The highest BCUT2D eigenvalue weighted by atomic mass is 15.1. The molecule has 0 bridgehead atoms. The second-order valence-electron chi connectivity index (χ2n) is 4.11. The van der Waals surface area contributed by atoms with Gasteiger partial charge < -0.3 is 9.55 Å². The van der Waals surface area contributed by atoms with E-state index in [1.165, 1.54) is 24.2 Å². The number of aryl methyl sites for hydroxylation is 3. The van der Waals surface area contributed by atoms with Crippen molar-refractivity contribution in [2.24, 2.45) is 7.05 Å². The largest absolute Gasteiger partial charge is 0.340 e. The summed E-state index contributed by atoms with van der Waals surface area (Å²) in [4.78, 5) is 12.1. The van der Waals surface area contributed by atoms with Crippen molar-refractivity contribution in [1.29, 1.82) is 0 Å². The smallest absolute Gasteiger partial charge is 0.156 e. The summed E-state index contributed by atoms with van der Waals surface area (Å²) in [5.41, 5.74) is 3.62. The maximum atomic E-state index is 4.64. The van der Waals surface area contributed by atoms with Crippen molar-refractivity contribution >= 4 is 0 Å². The molecule has 4 heteroatoms. The van der Waals surface area contributed by atoms with Crippen LogP contribution in [0.15, 0.2) is 12.5 Å². The van der Waals surface area contributed by atoms with Crippen molar-refractivity contribution in [2.75, 3.05) is 0 Å². The Morgan fingerprint density at radius 2 is 2.20 bits per heavy atom. The third-order valence-electron chi connectivity index (χ3n) is 3.01. The number of H-pyrrole nitrogens is 1. The number of aromatic amines is 1. The zero-order valence-electron chi connectivity index (χ0n) is 8.82. The van der Waals surface area contributed by atoms with Gasteiger partial charge in [-0.2, -0.15) is 0 Å². The van der Waals surface area contributed by atoms with Crippen LogP contribution in [0.25, 0.3) is 11.5 Å². The van der Waals surface area contributed by atoms with Gasteiger partial charge in [0.1, 0.15) is 5.69 Å². The average Bonchev–Trinajstić information content (AvgIpc) is 2.82. The quantitative estimate of drug-likeness (QED) is 0.765. The maximum Gasteiger partial charge on any atom is 0.156 e. The van der Waals surface area contributed by atoms with Crippen LogP contribution in [-0.2, 0) is 19.9 Å². The lowest BCUT2D eigenvalue weighted by molar-refractivity contribution is 0.667. The zero-order chi connectivity index (χ0) is 10.3. The molecule has 0 saturated heterocycles. The van der Waals surface area contributed by atoms with Gasteiger partial charge in [-0.15, -0.1) is 0 Å². The van der Waals surface area contributed by atoms with Gasteiger partial charge in [-0.3, -0.25) is 0 Å². The molecule has 0 amide bonds. The van der Waals surface area contributed by atoms with E-state index in [4.69, 9.17) is 0 Å². The molecule has 1 aliphatic rings. The molecular formula is C11H14N4. The molecule has 3 rings (SSSR count). The Morgan fingerprint density at radius 3 is 2.93 bits per heavy atom. The first-order valence-corrected chi connectivity index (χ1v) is 5.39. The Balaban J connectivity index is 2.06. The van der Waals surface area contributed by atoms with Crippen LogP contribution in [0, 0.1) is 0 Å². The Kier molecular flexibility index (Phi) is 1.87. The summed E-state index contributed by atoms with van der Waals surface area (Å²) in [6.07, 6.45) is 8.45. The van der Waals surface area contributed by atoms with E-state index in [0.29, 0.717) is 0 Å². The SMILES string of the molecule is Cn1cncc1-c1nc2c([nH]1)CCCC2. The molecule has 4 nitrogen and oxygen atoms in total. The van der Waals surface area contributed by atoms with Crippen molar-refractivity contribution in [1.82, 2.24) is 19.5 Å². The van der Waals surface area contributed by atoms with Crippen LogP contribution in [0.2, 0.25) is 0 Å². The van der Waals surface area contributed by atoms with E-state index in [2.05, 4.69) is 15.0 Å². The van der Waals surface area contributed by atoms with Crippen molar-refractivity contribution in [3.8, 4) is 11.5 Å². The number of hydrogen-bond acceptors (Lipinski definition) is 2. The van der Waals surface area contributed by atoms with Gasteiger partial charge in [0.15, 0.2) is 5.82 Å². The van der Waals surface area contributed by atoms with Crippen molar-refractivity contribution < 1.29 is 0 Å². The van der Waals surface area contributed by atoms with Gasteiger partial charge >= 0.3 is 0 Å². The van der Waals surface area contributed by atoms with Crippen molar-refractivity contribution in [2.45, 2.75) is 25.7 Å². The monoisotopic (exact) mass is 202 g/mol. The molecule has 0 saturated carbocycles. The lowest BCUT2D eigenvalue weighted by atomic mass is 10.0. The van der Waals surface area contributed by atoms with E-state index in [1.807, 2.05) is 17.8 Å². The number of hydrogen-bond donors (Lipinski definition) is 1. The van der Waals surface area contributed by atoms with Gasteiger partial charge in [0.25, 0.3) is 0 Å². The fraction of sp³-hybridized carbons (Fsp3) is 0.455. The molecule has 0 aliphatic heterocycles. The third kappa shape index (κ3) is 1.37. The summed E-state index contributed by atoms with van der Waals surface area (Å²) in [7, 11) is 1.99. The minimum atomic E-state index is 0.960. The minimum absolute atomic E-state index is 0.960. The van der Waals surface area contributed by atoms with Gasteiger partial charge in [0, 0.05) is 12.7 Å². The first-order valence-electron chi connectivity index (χ1n) is 5.39. The fourth-order valence-electron chi connectivity index (χ4n) is 2.16. The molecular weight excluding hydrogens is 188 g/mol. The minimum Gasteiger partial charge on any atom is -0.340 e. The average molecular weight is 202 g/mol. The number of nitrogens with one attached hydrogen (secondary N) is 1. The van der Waals surface area contributed by atoms with E-state index in [-0.39, 0.29) is 0 Å². The Hall–Kier alpha value is -1.58. The first-order chi connectivity index (χ1) is 7.34. The van der Waals surface area contributed by atoms with Crippen LogP contribution in [0.3, 0.4) is 0 Å². The molecule has 0 unspecified atom stereocenters. The Morgan fingerprint density at radius 1 is 1.33 bits per heavy atom. The number of rotatable bonds is 1. The maximum absolute atomic E-state index is 4.64. The zero-order valence-corrected chi connectivity index (χ0v) is 8.82. The normalized spacial score (nSPS) is 15.3. The molecule has 1 N–H and O–H groups in total. The van der Waals surface area contributed by atoms with E-state index in [1.54, 1.807) is 6.33 Å². The van der Waals surface area contributed by atoms with Crippen molar-refractivity contribution in [3.63, 3.8) is 0 Å². The first kappa shape index (κ1) is 8.71. The molecule has 15 heavy (non-hydrogen) atoms. The van der Waals surface area contributed by atoms with Gasteiger partial charge in [0.2, 0.25) is 0 Å². The van der Waals surface area contributed by atoms with E-state index < -0.39 is 0 Å². The molecule has 2 aromatic rings. The van der Waals surface area contributed by atoms with Crippen LogP contribution in [0.5, 0.6) is 0 Å². The highest BCUT2D eigenvalue weighted by Gasteiger charge is 2.16. The summed E-state index contributed by atoms with van der Waals surface area (Å²) >= 11 is 0. The molecule has 0 radical (unpaired) electrons. The van der Waals surface area contributed by atoms with E-state index in [9.17, 15) is 0 Å². The highest BCUT2D eigenvalue weighted by Crippen LogP contribution is 2.23. The predicted octanol–water partition coefficient (Wildman–Crippen LogP) is 1.69. The molecule has 1 aliphatic carbocycles. The van der Waals surface area contributed by atoms with E-state index in [0.717, 1.165) is 24.4 Å². The molecule has 0 atom stereocenters. The summed E-state index contributed by atoms with van der Waals surface area (Å²) < 4.78 is 1.99. The van der Waals surface area contributed by atoms with Gasteiger partial charge in [0.05, 0.1) is 18.2 Å². The number of imidazole rings is 2. The third-order valence-corrected chi connectivity index (χ3v) is 3.01. The second-order valence-corrected chi connectivity index (χ2v) is 4.11. The summed E-state index contributed by atoms with van der Waals surface area (Å²) in [6, 6.07) is 0.